The van der Waals surface area contributed by atoms with Crippen LogP contribution < -0.4 is 0 Å². The van der Waals surface area contributed by atoms with Crippen LogP contribution in [0.5, 0.6) is 0 Å². The molecule has 2 atom stereocenters. The van der Waals surface area contributed by atoms with E-state index in [0.29, 0.717) is 6.42 Å². The van der Waals surface area contributed by atoms with Gasteiger partial charge in [-0.1, -0.05) is 32.6 Å². The first-order valence-corrected chi connectivity index (χ1v) is 6.61. The third-order valence-corrected chi connectivity index (χ3v) is 3.45. The summed E-state index contributed by atoms with van der Waals surface area (Å²) < 4.78 is 4.70. The Morgan fingerprint density at radius 1 is 1.44 bits per heavy atom. The highest BCUT2D eigenvalue weighted by Crippen LogP contribution is 2.32. The topological polar surface area (TPSA) is 63.6 Å². The highest BCUT2D eigenvalue weighted by atomic mass is 16.5. The van der Waals surface area contributed by atoms with Gasteiger partial charge in [0, 0.05) is 12.5 Å². The van der Waals surface area contributed by atoms with Crippen LogP contribution in [0.3, 0.4) is 0 Å². The number of unbranched alkanes of at least 4 members (excludes halogenated alkanes) is 3. The lowest BCUT2D eigenvalue weighted by atomic mass is 9.79. The summed E-state index contributed by atoms with van der Waals surface area (Å²) in [7, 11) is 1.31. The molecule has 4 nitrogen and oxygen atoms in total. The van der Waals surface area contributed by atoms with E-state index in [0.717, 1.165) is 38.2 Å². The second-order valence-corrected chi connectivity index (χ2v) is 4.85. The lowest BCUT2D eigenvalue weighted by molar-refractivity contribution is -0.147. The molecule has 0 radical (unpaired) electrons. The fraction of sp³-hybridized carbons (Fsp3) is 0.714. The van der Waals surface area contributed by atoms with E-state index in [4.69, 9.17) is 4.74 Å². The molecule has 0 heterocycles. The highest BCUT2D eigenvalue weighted by molar-refractivity contribution is 5.93. The highest BCUT2D eigenvalue weighted by Gasteiger charge is 2.37. The Balaban J connectivity index is 2.64. The van der Waals surface area contributed by atoms with Gasteiger partial charge in [0.15, 0.2) is 5.78 Å². The largest absolute Gasteiger partial charge is 0.511 e. The number of carbonyl (C=O) groups is 2. The Morgan fingerprint density at radius 2 is 2.17 bits per heavy atom. The number of hydrogen-bond donors (Lipinski definition) is 1. The van der Waals surface area contributed by atoms with Crippen molar-refractivity contribution >= 4 is 11.8 Å². The maximum absolute atomic E-state index is 11.6. The van der Waals surface area contributed by atoms with Crippen molar-refractivity contribution in [1.29, 1.82) is 0 Å². The molecule has 0 aromatic heterocycles. The molecule has 102 valence electrons. The fourth-order valence-corrected chi connectivity index (χ4v) is 2.47. The Hall–Kier alpha value is -1.32. The summed E-state index contributed by atoms with van der Waals surface area (Å²) >= 11 is 0. The Bertz CT molecular complexity index is 333. The third-order valence-electron chi connectivity index (χ3n) is 3.45. The molecule has 0 saturated heterocycles. The number of carbonyl (C=O) groups excluding carboxylic acids is 2. The van der Waals surface area contributed by atoms with Gasteiger partial charge in [0.1, 0.15) is 11.7 Å². The van der Waals surface area contributed by atoms with Crippen LogP contribution in [0, 0.1) is 11.8 Å². The van der Waals surface area contributed by atoms with E-state index < -0.39 is 11.9 Å². The van der Waals surface area contributed by atoms with E-state index in [1.807, 2.05) is 0 Å². The molecule has 0 saturated carbocycles. The maximum Gasteiger partial charge on any atom is 0.316 e. The first-order valence-electron chi connectivity index (χ1n) is 6.61. The normalized spacial score (nSPS) is 23.7. The molecule has 0 aliphatic heterocycles. The monoisotopic (exact) mass is 254 g/mol. The summed E-state index contributed by atoms with van der Waals surface area (Å²) in [5, 5.41) is 9.75. The molecule has 1 aliphatic carbocycles. The summed E-state index contributed by atoms with van der Waals surface area (Å²) in [6.07, 6.45) is 6.65. The average molecular weight is 254 g/mol. The summed E-state index contributed by atoms with van der Waals surface area (Å²) in [6, 6.07) is 0. The molecule has 0 bridgehead atoms. The van der Waals surface area contributed by atoms with Crippen LogP contribution >= 0.6 is 0 Å². The Kier molecular flexibility index (Phi) is 5.89. The maximum atomic E-state index is 11.6. The molecular weight excluding hydrogens is 232 g/mol. The van der Waals surface area contributed by atoms with Crippen LogP contribution in [0.15, 0.2) is 11.8 Å². The molecule has 2 unspecified atom stereocenters. The van der Waals surface area contributed by atoms with Gasteiger partial charge in [-0.25, -0.2) is 0 Å². The van der Waals surface area contributed by atoms with Crippen molar-refractivity contribution in [3.8, 4) is 0 Å². The number of ketones is 1. The number of rotatable bonds is 6. The van der Waals surface area contributed by atoms with Gasteiger partial charge in [-0.15, -0.1) is 0 Å². The lowest BCUT2D eigenvalue weighted by Gasteiger charge is -2.27. The Labute approximate surface area is 108 Å². The molecule has 4 heteroatoms. The molecule has 0 amide bonds. The van der Waals surface area contributed by atoms with Crippen LogP contribution in [-0.4, -0.2) is 24.0 Å². The summed E-state index contributed by atoms with van der Waals surface area (Å²) in [5.74, 6) is -1.47. The Morgan fingerprint density at radius 3 is 2.78 bits per heavy atom. The molecular formula is C14H22O4. The second kappa shape index (κ2) is 7.19. The first-order chi connectivity index (χ1) is 8.60. The van der Waals surface area contributed by atoms with Gasteiger partial charge in [0.05, 0.1) is 7.11 Å². The van der Waals surface area contributed by atoms with E-state index >= 15 is 0 Å². The number of aliphatic hydroxyl groups excluding tert-OH is 1. The minimum absolute atomic E-state index is 0.104. The first kappa shape index (κ1) is 14.7. The predicted molar refractivity (Wildman–Crippen MR) is 68.1 cm³/mol. The second-order valence-electron chi connectivity index (χ2n) is 4.85. The average Bonchev–Trinajstić information content (AvgIpc) is 2.33. The van der Waals surface area contributed by atoms with Crippen molar-refractivity contribution in [3.63, 3.8) is 0 Å². The van der Waals surface area contributed by atoms with E-state index in [2.05, 4.69) is 6.92 Å². The van der Waals surface area contributed by atoms with Gasteiger partial charge in [0.2, 0.25) is 0 Å². The smallest absolute Gasteiger partial charge is 0.316 e. The van der Waals surface area contributed by atoms with Gasteiger partial charge in [-0.05, 0) is 12.3 Å². The van der Waals surface area contributed by atoms with Crippen molar-refractivity contribution < 1.29 is 19.4 Å². The SMILES string of the molecule is CCCCCCC1CC(=O)C=C(O)C1C(=O)OC. The minimum atomic E-state index is -0.658. The van der Waals surface area contributed by atoms with Crippen molar-refractivity contribution in [2.24, 2.45) is 11.8 Å². The molecule has 1 N–H and O–H groups in total. The number of ether oxygens (including phenoxy) is 1. The molecule has 0 aromatic carbocycles. The summed E-state index contributed by atoms with van der Waals surface area (Å²) in [4.78, 5) is 23.1. The fourth-order valence-electron chi connectivity index (χ4n) is 2.47. The minimum Gasteiger partial charge on any atom is -0.511 e. The quantitative estimate of drug-likeness (QED) is 0.584. The van der Waals surface area contributed by atoms with Crippen LogP contribution in [0.4, 0.5) is 0 Å². The van der Waals surface area contributed by atoms with Gasteiger partial charge in [-0.2, -0.15) is 0 Å². The summed E-state index contributed by atoms with van der Waals surface area (Å²) in [6.45, 7) is 2.13. The van der Waals surface area contributed by atoms with Crippen molar-refractivity contribution in [1.82, 2.24) is 0 Å². The lowest BCUT2D eigenvalue weighted by Crippen LogP contribution is -2.32. The standard InChI is InChI=1S/C14H22O4/c1-3-4-5-6-7-10-8-11(15)9-12(16)13(10)14(17)18-2/h9-10,13,16H,3-8H2,1-2H3. The van der Waals surface area contributed by atoms with E-state index in [9.17, 15) is 14.7 Å². The van der Waals surface area contributed by atoms with Gasteiger partial charge >= 0.3 is 5.97 Å². The van der Waals surface area contributed by atoms with Gasteiger partial charge < -0.3 is 9.84 Å². The van der Waals surface area contributed by atoms with Crippen LogP contribution in [0.25, 0.3) is 0 Å². The molecule has 0 spiro atoms. The van der Waals surface area contributed by atoms with Gasteiger partial charge in [-0.3, -0.25) is 9.59 Å². The zero-order chi connectivity index (χ0) is 13.5. The van der Waals surface area contributed by atoms with E-state index in [1.54, 1.807) is 0 Å². The van der Waals surface area contributed by atoms with Crippen molar-refractivity contribution in [2.45, 2.75) is 45.4 Å². The van der Waals surface area contributed by atoms with Gasteiger partial charge in [0.25, 0.3) is 0 Å². The molecule has 0 aromatic rings. The molecule has 1 aliphatic rings. The number of allylic oxidation sites excluding steroid dienone is 1. The van der Waals surface area contributed by atoms with E-state index in [1.165, 1.54) is 7.11 Å². The zero-order valence-electron chi connectivity index (χ0n) is 11.1. The third kappa shape index (κ3) is 3.86. The number of esters is 1. The zero-order valence-corrected chi connectivity index (χ0v) is 11.1. The van der Waals surface area contributed by atoms with Crippen molar-refractivity contribution in [2.75, 3.05) is 7.11 Å². The van der Waals surface area contributed by atoms with Crippen molar-refractivity contribution in [3.05, 3.63) is 11.8 Å². The van der Waals surface area contributed by atoms with E-state index in [-0.39, 0.29) is 17.5 Å². The molecule has 0 fully saturated rings. The summed E-state index contributed by atoms with van der Waals surface area (Å²) in [5.41, 5.74) is 0. The number of aliphatic hydroxyl groups is 1. The number of methoxy groups -OCH3 is 1. The predicted octanol–water partition coefficient (Wildman–Crippen LogP) is 2.78. The number of hydrogen-bond acceptors (Lipinski definition) is 4. The van der Waals surface area contributed by atoms with Crippen LogP contribution in [0.2, 0.25) is 0 Å². The molecule has 18 heavy (non-hydrogen) atoms. The van der Waals surface area contributed by atoms with Crippen LogP contribution in [-0.2, 0) is 14.3 Å². The van der Waals surface area contributed by atoms with Crippen LogP contribution in [0.1, 0.15) is 45.4 Å². The molecule has 1 rings (SSSR count).